The minimum atomic E-state index is -0.503. The molecule has 0 aliphatic carbocycles. The number of halogens is 1. The standard InChI is InChI=1S/C19H16FNO3/c1-3-24-19(23)17-12(2)21(14-8-6-7-13(20)11-14)18(22)16-10-5-4-9-15(16)17/h4-11H,3H2,1-2H3. The van der Waals surface area contributed by atoms with Crippen LogP contribution >= 0.6 is 0 Å². The number of hydrogen-bond acceptors (Lipinski definition) is 3. The summed E-state index contributed by atoms with van der Waals surface area (Å²) in [7, 11) is 0. The van der Waals surface area contributed by atoms with Crippen LogP contribution in [0.3, 0.4) is 0 Å². The van der Waals surface area contributed by atoms with E-state index in [1.54, 1.807) is 44.2 Å². The van der Waals surface area contributed by atoms with Crippen LogP contribution in [0.1, 0.15) is 23.0 Å². The Morgan fingerprint density at radius 1 is 1.12 bits per heavy atom. The van der Waals surface area contributed by atoms with Crippen LogP contribution in [-0.2, 0) is 4.74 Å². The number of hydrogen-bond donors (Lipinski definition) is 0. The van der Waals surface area contributed by atoms with Crippen molar-refractivity contribution in [2.75, 3.05) is 6.61 Å². The fraction of sp³-hybridized carbons (Fsp3) is 0.158. The molecule has 0 atom stereocenters. The molecule has 4 nitrogen and oxygen atoms in total. The molecule has 0 aliphatic heterocycles. The minimum Gasteiger partial charge on any atom is -0.462 e. The van der Waals surface area contributed by atoms with E-state index in [9.17, 15) is 14.0 Å². The van der Waals surface area contributed by atoms with Crippen LogP contribution in [0.15, 0.2) is 53.3 Å². The van der Waals surface area contributed by atoms with Crippen LogP contribution in [0.4, 0.5) is 4.39 Å². The highest BCUT2D eigenvalue weighted by Crippen LogP contribution is 2.23. The lowest BCUT2D eigenvalue weighted by molar-refractivity contribution is 0.0527. The van der Waals surface area contributed by atoms with Gasteiger partial charge in [-0.05, 0) is 38.1 Å². The average Bonchev–Trinajstić information content (AvgIpc) is 2.55. The van der Waals surface area contributed by atoms with E-state index in [1.807, 2.05) is 0 Å². The highest BCUT2D eigenvalue weighted by molar-refractivity contribution is 6.05. The average molecular weight is 325 g/mol. The number of nitrogens with zero attached hydrogens (tertiary/aromatic N) is 1. The number of rotatable bonds is 3. The van der Waals surface area contributed by atoms with Gasteiger partial charge in [-0.15, -0.1) is 0 Å². The number of ether oxygens (including phenoxy) is 1. The number of fused-ring (bicyclic) bond motifs is 1. The molecule has 0 bridgehead atoms. The second-order valence-electron chi connectivity index (χ2n) is 5.35. The molecule has 1 heterocycles. The Morgan fingerprint density at radius 2 is 1.83 bits per heavy atom. The molecule has 3 rings (SSSR count). The number of esters is 1. The molecule has 0 unspecified atom stereocenters. The van der Waals surface area contributed by atoms with Crippen LogP contribution in [0.25, 0.3) is 16.5 Å². The second kappa shape index (κ2) is 6.28. The van der Waals surface area contributed by atoms with Gasteiger partial charge in [-0.1, -0.05) is 24.3 Å². The molecule has 0 saturated carbocycles. The predicted octanol–water partition coefficient (Wildman–Crippen LogP) is 3.61. The maximum absolute atomic E-state index is 13.6. The molecule has 0 fully saturated rings. The maximum atomic E-state index is 13.6. The number of pyridine rings is 1. The van der Waals surface area contributed by atoms with Crippen molar-refractivity contribution < 1.29 is 13.9 Å². The largest absolute Gasteiger partial charge is 0.462 e. The van der Waals surface area contributed by atoms with Gasteiger partial charge in [0.2, 0.25) is 0 Å². The molecule has 0 radical (unpaired) electrons. The van der Waals surface area contributed by atoms with Gasteiger partial charge in [-0.3, -0.25) is 9.36 Å². The smallest absolute Gasteiger partial charge is 0.340 e. The van der Waals surface area contributed by atoms with Gasteiger partial charge in [-0.2, -0.15) is 0 Å². The van der Waals surface area contributed by atoms with E-state index in [0.717, 1.165) is 0 Å². The van der Waals surface area contributed by atoms with Gasteiger partial charge >= 0.3 is 5.97 Å². The molecule has 5 heteroatoms. The van der Waals surface area contributed by atoms with Crippen molar-refractivity contribution in [3.8, 4) is 5.69 Å². The Balaban J connectivity index is 2.43. The first-order valence-electron chi connectivity index (χ1n) is 7.62. The van der Waals surface area contributed by atoms with E-state index < -0.39 is 11.8 Å². The fourth-order valence-corrected chi connectivity index (χ4v) is 2.85. The quantitative estimate of drug-likeness (QED) is 0.691. The van der Waals surface area contributed by atoms with Crippen molar-refractivity contribution in [3.05, 3.63) is 76.0 Å². The van der Waals surface area contributed by atoms with Crippen molar-refractivity contribution in [1.29, 1.82) is 0 Å². The van der Waals surface area contributed by atoms with E-state index in [0.29, 0.717) is 27.7 Å². The van der Waals surface area contributed by atoms with Gasteiger partial charge in [-0.25, -0.2) is 9.18 Å². The Labute approximate surface area is 138 Å². The van der Waals surface area contributed by atoms with Gasteiger partial charge in [0.1, 0.15) is 5.82 Å². The van der Waals surface area contributed by atoms with Crippen molar-refractivity contribution in [1.82, 2.24) is 4.57 Å². The monoisotopic (exact) mass is 325 g/mol. The SMILES string of the molecule is CCOC(=O)c1c(C)n(-c2cccc(F)c2)c(=O)c2ccccc12. The second-order valence-corrected chi connectivity index (χ2v) is 5.35. The van der Waals surface area contributed by atoms with Crippen LogP contribution in [0.5, 0.6) is 0 Å². The zero-order chi connectivity index (χ0) is 17.3. The summed E-state index contributed by atoms with van der Waals surface area (Å²) in [4.78, 5) is 25.3. The zero-order valence-electron chi connectivity index (χ0n) is 13.4. The van der Waals surface area contributed by atoms with Crippen LogP contribution in [0.2, 0.25) is 0 Å². The Hall–Kier alpha value is -2.95. The van der Waals surface area contributed by atoms with E-state index in [2.05, 4.69) is 0 Å². The number of benzene rings is 2. The molecule has 0 amide bonds. The van der Waals surface area contributed by atoms with Crippen molar-refractivity contribution in [2.45, 2.75) is 13.8 Å². The molecule has 1 aromatic heterocycles. The zero-order valence-corrected chi connectivity index (χ0v) is 13.4. The van der Waals surface area contributed by atoms with E-state index >= 15 is 0 Å². The Morgan fingerprint density at radius 3 is 2.50 bits per heavy atom. The lowest BCUT2D eigenvalue weighted by Gasteiger charge is -2.16. The molecular weight excluding hydrogens is 309 g/mol. The van der Waals surface area contributed by atoms with E-state index in [-0.39, 0.29) is 12.2 Å². The lowest BCUT2D eigenvalue weighted by atomic mass is 10.0. The summed E-state index contributed by atoms with van der Waals surface area (Å²) in [5, 5.41) is 0.918. The highest BCUT2D eigenvalue weighted by Gasteiger charge is 2.20. The van der Waals surface area contributed by atoms with Crippen LogP contribution < -0.4 is 5.56 Å². The third kappa shape index (κ3) is 2.58. The Kier molecular flexibility index (Phi) is 4.16. The van der Waals surface area contributed by atoms with Gasteiger partial charge in [0, 0.05) is 16.5 Å². The molecule has 3 aromatic rings. The third-order valence-electron chi connectivity index (χ3n) is 3.87. The molecule has 24 heavy (non-hydrogen) atoms. The summed E-state index contributed by atoms with van der Waals surface area (Å²) in [5.41, 5.74) is 0.801. The number of carbonyl (C=O) groups excluding carboxylic acids is 1. The number of carbonyl (C=O) groups is 1. The maximum Gasteiger partial charge on any atom is 0.340 e. The molecule has 0 spiro atoms. The summed E-state index contributed by atoms with van der Waals surface area (Å²) < 4.78 is 20.1. The highest BCUT2D eigenvalue weighted by atomic mass is 19.1. The van der Waals surface area contributed by atoms with Crippen molar-refractivity contribution in [2.24, 2.45) is 0 Å². The molecular formula is C19H16FNO3. The first-order valence-corrected chi connectivity index (χ1v) is 7.62. The first-order chi connectivity index (χ1) is 11.5. The topological polar surface area (TPSA) is 48.3 Å². The van der Waals surface area contributed by atoms with E-state index in [1.165, 1.54) is 22.8 Å². The molecule has 0 N–H and O–H groups in total. The van der Waals surface area contributed by atoms with Crippen molar-refractivity contribution >= 4 is 16.7 Å². The molecule has 0 aliphatic rings. The summed E-state index contributed by atoms with van der Waals surface area (Å²) in [6.07, 6.45) is 0. The fourth-order valence-electron chi connectivity index (χ4n) is 2.85. The number of aromatic nitrogens is 1. The third-order valence-corrected chi connectivity index (χ3v) is 3.87. The van der Waals surface area contributed by atoms with Gasteiger partial charge in [0.15, 0.2) is 0 Å². The van der Waals surface area contributed by atoms with Gasteiger partial charge in [0.05, 0.1) is 17.9 Å². The van der Waals surface area contributed by atoms with Crippen molar-refractivity contribution in [3.63, 3.8) is 0 Å². The molecule has 2 aromatic carbocycles. The van der Waals surface area contributed by atoms with Crippen LogP contribution in [-0.4, -0.2) is 17.1 Å². The van der Waals surface area contributed by atoms with Crippen LogP contribution in [0, 0.1) is 12.7 Å². The predicted molar refractivity (Wildman–Crippen MR) is 90.2 cm³/mol. The summed E-state index contributed by atoms with van der Waals surface area (Å²) in [6.45, 7) is 3.61. The first kappa shape index (κ1) is 15.9. The van der Waals surface area contributed by atoms with Gasteiger partial charge in [0.25, 0.3) is 5.56 Å². The normalized spacial score (nSPS) is 10.8. The van der Waals surface area contributed by atoms with Gasteiger partial charge < -0.3 is 4.74 Å². The summed E-state index contributed by atoms with van der Waals surface area (Å²) in [6, 6.07) is 12.6. The van der Waals surface area contributed by atoms with E-state index in [4.69, 9.17) is 4.74 Å². The lowest BCUT2D eigenvalue weighted by Crippen LogP contribution is -2.25. The Bertz CT molecular complexity index is 992. The summed E-state index contributed by atoms with van der Waals surface area (Å²) in [5.74, 6) is -0.957. The minimum absolute atomic E-state index is 0.228. The molecule has 122 valence electrons. The summed E-state index contributed by atoms with van der Waals surface area (Å²) >= 11 is 0. The molecule has 0 saturated heterocycles.